The van der Waals surface area contributed by atoms with E-state index in [9.17, 15) is 4.79 Å². The number of rotatable bonds is 3. The summed E-state index contributed by atoms with van der Waals surface area (Å²) in [4.78, 5) is 13.8. The molecule has 104 valence electrons. The minimum absolute atomic E-state index is 0.0783. The number of halogens is 2. The van der Waals surface area contributed by atoms with Crippen LogP contribution in [0.25, 0.3) is 0 Å². The minimum Gasteiger partial charge on any atom is -0.376 e. The van der Waals surface area contributed by atoms with Crippen molar-refractivity contribution in [3.05, 3.63) is 33.8 Å². The number of carbonyl (C=O) groups is 1. The molecule has 0 unspecified atom stereocenters. The third kappa shape index (κ3) is 3.83. The number of benzene rings is 1. The highest BCUT2D eigenvalue weighted by molar-refractivity contribution is 6.42. The van der Waals surface area contributed by atoms with Gasteiger partial charge in [0.1, 0.15) is 0 Å². The molecule has 0 saturated carbocycles. The summed E-state index contributed by atoms with van der Waals surface area (Å²) >= 11 is 11.7. The molecule has 0 radical (unpaired) electrons. The number of amides is 1. The summed E-state index contributed by atoms with van der Waals surface area (Å²) in [7, 11) is 1.73. The van der Waals surface area contributed by atoms with Gasteiger partial charge < -0.3 is 14.4 Å². The maximum Gasteiger partial charge on any atom is 0.253 e. The summed E-state index contributed by atoms with van der Waals surface area (Å²) in [6.07, 6.45) is -0.0783. The molecule has 4 nitrogen and oxygen atoms in total. The Labute approximate surface area is 122 Å². The van der Waals surface area contributed by atoms with Gasteiger partial charge in [-0.05, 0) is 18.2 Å². The van der Waals surface area contributed by atoms with Gasteiger partial charge in [-0.2, -0.15) is 0 Å². The van der Waals surface area contributed by atoms with Crippen LogP contribution in [-0.2, 0) is 9.47 Å². The van der Waals surface area contributed by atoms with Crippen molar-refractivity contribution in [2.45, 2.75) is 6.10 Å². The summed E-state index contributed by atoms with van der Waals surface area (Å²) < 4.78 is 10.8. The Bertz CT molecular complexity index is 461. The molecule has 1 heterocycles. The lowest BCUT2D eigenvalue weighted by molar-refractivity contribution is -0.0933. The summed E-state index contributed by atoms with van der Waals surface area (Å²) in [5.41, 5.74) is 0.508. The van der Waals surface area contributed by atoms with Crippen molar-refractivity contribution < 1.29 is 14.3 Å². The molecule has 0 aromatic heterocycles. The van der Waals surface area contributed by atoms with E-state index in [-0.39, 0.29) is 12.0 Å². The van der Waals surface area contributed by atoms with Crippen molar-refractivity contribution in [2.75, 3.05) is 33.4 Å². The first-order chi connectivity index (χ1) is 9.08. The second-order valence-corrected chi connectivity index (χ2v) is 5.20. The van der Waals surface area contributed by atoms with Crippen molar-refractivity contribution in [2.24, 2.45) is 0 Å². The number of likely N-dealkylation sites (N-methyl/N-ethyl adjacent to an activating group) is 1. The van der Waals surface area contributed by atoms with Gasteiger partial charge in [-0.25, -0.2) is 0 Å². The summed E-state index contributed by atoms with van der Waals surface area (Å²) in [6.45, 7) is 2.18. The third-order valence-electron chi connectivity index (χ3n) is 2.88. The Balaban J connectivity index is 1.99. The summed E-state index contributed by atoms with van der Waals surface area (Å²) in [5, 5.41) is 0.808. The van der Waals surface area contributed by atoms with E-state index in [0.29, 0.717) is 42.0 Å². The van der Waals surface area contributed by atoms with Crippen molar-refractivity contribution in [1.29, 1.82) is 0 Å². The number of hydrogen-bond donors (Lipinski definition) is 0. The predicted molar refractivity (Wildman–Crippen MR) is 74.0 cm³/mol. The molecule has 0 bridgehead atoms. The number of nitrogens with zero attached hydrogens (tertiary/aromatic N) is 1. The van der Waals surface area contributed by atoms with E-state index in [0.717, 1.165) is 0 Å². The Morgan fingerprint density at radius 1 is 1.37 bits per heavy atom. The first kappa shape index (κ1) is 14.6. The third-order valence-corrected chi connectivity index (χ3v) is 3.61. The molecule has 1 aromatic carbocycles. The van der Waals surface area contributed by atoms with Gasteiger partial charge >= 0.3 is 0 Å². The molecule has 0 spiro atoms. The monoisotopic (exact) mass is 303 g/mol. The van der Waals surface area contributed by atoms with E-state index in [1.165, 1.54) is 0 Å². The molecule has 1 amide bonds. The highest BCUT2D eigenvalue weighted by Crippen LogP contribution is 2.23. The molecule has 19 heavy (non-hydrogen) atoms. The molecule has 1 saturated heterocycles. The van der Waals surface area contributed by atoms with E-state index in [1.807, 2.05) is 0 Å². The van der Waals surface area contributed by atoms with Crippen molar-refractivity contribution in [1.82, 2.24) is 4.90 Å². The van der Waals surface area contributed by atoms with E-state index in [4.69, 9.17) is 32.7 Å². The molecule has 6 heteroatoms. The number of carbonyl (C=O) groups excluding carboxylic acids is 1. The second kappa shape index (κ2) is 6.57. The molecule has 2 rings (SSSR count). The molecule has 0 aliphatic carbocycles. The zero-order valence-electron chi connectivity index (χ0n) is 10.6. The maximum absolute atomic E-state index is 12.2. The lowest BCUT2D eigenvalue weighted by Gasteiger charge is -2.27. The van der Waals surface area contributed by atoms with Gasteiger partial charge in [0.2, 0.25) is 0 Å². The van der Waals surface area contributed by atoms with Crippen molar-refractivity contribution in [3.63, 3.8) is 0 Å². The van der Waals surface area contributed by atoms with Crippen molar-refractivity contribution >= 4 is 29.1 Å². The van der Waals surface area contributed by atoms with Gasteiger partial charge in [-0.15, -0.1) is 0 Å². The molecule has 1 atom stereocenters. The first-order valence-corrected chi connectivity index (χ1v) is 6.73. The maximum atomic E-state index is 12.2. The predicted octanol–water partition coefficient (Wildman–Crippen LogP) is 2.48. The molecular weight excluding hydrogens is 289 g/mol. The molecule has 1 fully saturated rings. The van der Waals surface area contributed by atoms with Crippen molar-refractivity contribution in [3.8, 4) is 0 Å². The fourth-order valence-electron chi connectivity index (χ4n) is 1.88. The van der Waals surface area contributed by atoms with Crippen LogP contribution >= 0.6 is 23.2 Å². The van der Waals surface area contributed by atoms with Gasteiger partial charge in [0.05, 0.1) is 36.0 Å². The molecule has 1 aromatic rings. The van der Waals surface area contributed by atoms with Crippen LogP contribution in [0.4, 0.5) is 0 Å². The summed E-state index contributed by atoms with van der Waals surface area (Å²) in [6, 6.07) is 4.84. The van der Waals surface area contributed by atoms with Crippen LogP contribution in [0.2, 0.25) is 10.0 Å². The van der Waals surface area contributed by atoms with Gasteiger partial charge in [0, 0.05) is 19.2 Å². The van der Waals surface area contributed by atoms with Crippen LogP contribution < -0.4 is 0 Å². The zero-order chi connectivity index (χ0) is 13.8. The van der Waals surface area contributed by atoms with Crippen LogP contribution in [0.3, 0.4) is 0 Å². The van der Waals surface area contributed by atoms with E-state index < -0.39 is 0 Å². The number of hydrogen-bond acceptors (Lipinski definition) is 3. The van der Waals surface area contributed by atoms with E-state index in [1.54, 1.807) is 30.1 Å². The lowest BCUT2D eigenvalue weighted by atomic mass is 10.2. The van der Waals surface area contributed by atoms with Gasteiger partial charge in [-0.1, -0.05) is 23.2 Å². The van der Waals surface area contributed by atoms with Gasteiger partial charge in [0.25, 0.3) is 5.91 Å². The van der Waals surface area contributed by atoms with E-state index in [2.05, 4.69) is 0 Å². The quantitative estimate of drug-likeness (QED) is 0.861. The van der Waals surface area contributed by atoms with E-state index >= 15 is 0 Å². The molecule has 1 aliphatic rings. The smallest absolute Gasteiger partial charge is 0.253 e. The average Bonchev–Trinajstić information content (AvgIpc) is 2.42. The Morgan fingerprint density at radius 3 is 2.79 bits per heavy atom. The highest BCUT2D eigenvalue weighted by Gasteiger charge is 2.20. The summed E-state index contributed by atoms with van der Waals surface area (Å²) in [5.74, 6) is -0.118. The number of ether oxygens (including phenoxy) is 2. The second-order valence-electron chi connectivity index (χ2n) is 4.38. The Kier molecular flexibility index (Phi) is 5.05. The van der Waals surface area contributed by atoms with Crippen LogP contribution in [0, 0.1) is 0 Å². The Hall–Kier alpha value is -0.810. The normalized spacial score (nSPS) is 19.2. The average molecular weight is 304 g/mol. The van der Waals surface area contributed by atoms with Crippen LogP contribution in [0.15, 0.2) is 18.2 Å². The molecule has 0 N–H and O–H groups in total. The fraction of sp³-hybridized carbons (Fsp3) is 0.462. The minimum atomic E-state index is -0.118. The fourth-order valence-corrected chi connectivity index (χ4v) is 2.18. The zero-order valence-corrected chi connectivity index (χ0v) is 12.1. The molecule has 1 aliphatic heterocycles. The molecular formula is C13H15Cl2NO3. The van der Waals surface area contributed by atoms with Crippen LogP contribution in [-0.4, -0.2) is 50.3 Å². The van der Waals surface area contributed by atoms with Gasteiger partial charge in [-0.3, -0.25) is 4.79 Å². The van der Waals surface area contributed by atoms with Crippen LogP contribution in [0.5, 0.6) is 0 Å². The topological polar surface area (TPSA) is 38.8 Å². The Morgan fingerprint density at radius 2 is 2.16 bits per heavy atom. The first-order valence-electron chi connectivity index (χ1n) is 5.98. The van der Waals surface area contributed by atoms with Crippen LogP contribution in [0.1, 0.15) is 10.4 Å². The highest BCUT2D eigenvalue weighted by atomic mass is 35.5. The van der Waals surface area contributed by atoms with Gasteiger partial charge in [0.15, 0.2) is 0 Å². The SMILES string of the molecule is CN(C[C@@H]1COCCO1)C(=O)c1ccc(Cl)c(Cl)c1. The largest absolute Gasteiger partial charge is 0.376 e. The lowest BCUT2D eigenvalue weighted by Crippen LogP contribution is -2.40. The standard InChI is InChI=1S/C13H15Cl2NO3/c1-16(7-10-8-18-4-5-19-10)13(17)9-2-3-11(14)12(15)6-9/h2-3,6,10H,4-5,7-8H2,1H3/t10-/m1/s1.